The van der Waals surface area contributed by atoms with Gasteiger partial charge in [-0.15, -0.1) is 0 Å². The number of ether oxygens (including phenoxy) is 3. The van der Waals surface area contributed by atoms with Crippen LogP contribution in [0.2, 0.25) is 0 Å². The Morgan fingerprint density at radius 1 is 1.20 bits per heavy atom. The first kappa shape index (κ1) is 17.1. The van der Waals surface area contributed by atoms with Crippen LogP contribution in [0.15, 0.2) is 30.3 Å². The molecule has 0 unspecified atom stereocenters. The molecule has 1 aliphatic rings. The number of rotatable bonds is 6. The van der Waals surface area contributed by atoms with Gasteiger partial charge in [-0.05, 0) is 25.0 Å². The fraction of sp³-hybridized carbons (Fsp3) is 0.533. The van der Waals surface area contributed by atoms with Gasteiger partial charge in [0.15, 0.2) is 0 Å². The van der Waals surface area contributed by atoms with Gasteiger partial charge in [0.2, 0.25) is 0 Å². The molecular formula is C15H21LiO4. The van der Waals surface area contributed by atoms with E-state index in [2.05, 4.69) is 0 Å². The van der Waals surface area contributed by atoms with E-state index in [-0.39, 0.29) is 32.2 Å². The Bertz CT molecular complexity index is 383. The Kier molecular flexibility index (Phi) is 8.44. The molecule has 0 spiro atoms. The van der Waals surface area contributed by atoms with E-state index < -0.39 is 0 Å². The van der Waals surface area contributed by atoms with Crippen molar-refractivity contribution in [3.8, 4) is 5.75 Å². The van der Waals surface area contributed by atoms with Crippen molar-refractivity contribution in [2.45, 2.75) is 19.3 Å². The van der Waals surface area contributed by atoms with E-state index >= 15 is 0 Å². The summed E-state index contributed by atoms with van der Waals surface area (Å²) in [6, 6.07) is 9.63. The number of benzene rings is 1. The fourth-order valence-corrected chi connectivity index (χ4v) is 1.99. The van der Waals surface area contributed by atoms with Crippen LogP contribution in [0.5, 0.6) is 5.75 Å². The van der Waals surface area contributed by atoms with Gasteiger partial charge in [-0.3, -0.25) is 4.79 Å². The van der Waals surface area contributed by atoms with E-state index in [0.29, 0.717) is 32.8 Å². The summed E-state index contributed by atoms with van der Waals surface area (Å²) < 4.78 is 16.0. The Morgan fingerprint density at radius 2 is 1.90 bits per heavy atom. The van der Waals surface area contributed by atoms with E-state index in [4.69, 9.17) is 14.2 Å². The van der Waals surface area contributed by atoms with Gasteiger partial charge in [0.25, 0.3) is 0 Å². The summed E-state index contributed by atoms with van der Waals surface area (Å²) in [5, 5.41) is 0. The van der Waals surface area contributed by atoms with Crippen LogP contribution in [0.25, 0.3) is 0 Å². The quantitative estimate of drug-likeness (QED) is 0.399. The average molecular weight is 272 g/mol. The van der Waals surface area contributed by atoms with Gasteiger partial charge >= 0.3 is 24.8 Å². The summed E-state index contributed by atoms with van der Waals surface area (Å²) in [7, 11) is 0. The van der Waals surface area contributed by atoms with Crippen molar-refractivity contribution in [2.24, 2.45) is 5.92 Å². The van der Waals surface area contributed by atoms with Crippen LogP contribution in [0, 0.1) is 5.92 Å². The minimum atomic E-state index is -0.0944. The molecule has 106 valence electrons. The minimum Gasteiger partial charge on any atom is -1.00 e. The van der Waals surface area contributed by atoms with Crippen molar-refractivity contribution in [2.75, 3.05) is 26.4 Å². The second-order valence-corrected chi connectivity index (χ2v) is 4.57. The molecule has 0 N–H and O–H groups in total. The summed E-state index contributed by atoms with van der Waals surface area (Å²) in [5.41, 5.74) is 0. The Hall–Kier alpha value is -0.953. The molecule has 1 fully saturated rings. The van der Waals surface area contributed by atoms with E-state index in [1.807, 2.05) is 30.3 Å². The van der Waals surface area contributed by atoms with Crippen LogP contribution in [-0.2, 0) is 14.3 Å². The molecule has 0 bridgehead atoms. The summed E-state index contributed by atoms with van der Waals surface area (Å²) >= 11 is 0. The minimum absolute atomic E-state index is 0. The number of carbonyl (C=O) groups excluding carboxylic acids is 1. The maximum absolute atomic E-state index is 11.7. The predicted octanol–water partition coefficient (Wildman–Crippen LogP) is -0.458. The molecule has 0 aromatic heterocycles. The van der Waals surface area contributed by atoms with Gasteiger partial charge < -0.3 is 15.6 Å². The Labute approximate surface area is 133 Å². The van der Waals surface area contributed by atoms with E-state index in [1.165, 1.54) is 0 Å². The molecule has 5 heteroatoms. The molecule has 0 atom stereocenters. The normalized spacial score (nSPS) is 15.2. The zero-order chi connectivity index (χ0) is 13.3. The van der Waals surface area contributed by atoms with E-state index in [0.717, 1.165) is 18.6 Å². The summed E-state index contributed by atoms with van der Waals surface area (Å²) in [4.78, 5) is 11.7. The van der Waals surface area contributed by atoms with Gasteiger partial charge in [0, 0.05) is 19.6 Å². The summed E-state index contributed by atoms with van der Waals surface area (Å²) in [6.45, 7) is 2.31. The first-order chi connectivity index (χ1) is 9.36. The third kappa shape index (κ3) is 6.00. The molecule has 0 amide bonds. The Balaban J connectivity index is 0.00000200. The van der Waals surface area contributed by atoms with Gasteiger partial charge in [0.05, 0.1) is 19.1 Å². The van der Waals surface area contributed by atoms with Crippen molar-refractivity contribution in [1.82, 2.24) is 0 Å². The maximum atomic E-state index is 11.7. The van der Waals surface area contributed by atoms with Crippen LogP contribution < -0.4 is 23.6 Å². The fourth-order valence-electron chi connectivity index (χ4n) is 1.99. The van der Waals surface area contributed by atoms with Gasteiger partial charge in [-0.2, -0.15) is 0 Å². The molecule has 20 heavy (non-hydrogen) atoms. The van der Waals surface area contributed by atoms with E-state index in [9.17, 15) is 4.79 Å². The predicted molar refractivity (Wildman–Crippen MR) is 72.2 cm³/mol. The second-order valence-electron chi connectivity index (χ2n) is 4.57. The van der Waals surface area contributed by atoms with Crippen molar-refractivity contribution in [3.05, 3.63) is 30.3 Å². The number of para-hydroxylation sites is 1. The smallest absolute Gasteiger partial charge is 1.00 e. The Morgan fingerprint density at radius 3 is 2.60 bits per heavy atom. The first-order valence-electron chi connectivity index (χ1n) is 6.78. The first-order valence-corrected chi connectivity index (χ1v) is 6.78. The molecule has 0 aliphatic carbocycles. The molecule has 1 aromatic rings. The van der Waals surface area contributed by atoms with Crippen molar-refractivity contribution >= 4 is 5.97 Å². The summed E-state index contributed by atoms with van der Waals surface area (Å²) in [5.74, 6) is 0.769. The van der Waals surface area contributed by atoms with Crippen LogP contribution in [0.4, 0.5) is 0 Å². The summed E-state index contributed by atoms with van der Waals surface area (Å²) in [6.07, 6.45) is 2.27. The zero-order valence-corrected chi connectivity index (χ0v) is 12.0. The number of hydrogen-bond acceptors (Lipinski definition) is 4. The van der Waals surface area contributed by atoms with Crippen LogP contribution in [0.1, 0.15) is 20.7 Å². The molecule has 1 aliphatic heterocycles. The van der Waals surface area contributed by atoms with Crippen molar-refractivity contribution in [3.63, 3.8) is 0 Å². The third-order valence-electron chi connectivity index (χ3n) is 3.10. The molecule has 0 radical (unpaired) electrons. The molecule has 2 rings (SSSR count). The van der Waals surface area contributed by atoms with Gasteiger partial charge in [0.1, 0.15) is 5.75 Å². The monoisotopic (exact) mass is 272 g/mol. The van der Waals surface area contributed by atoms with E-state index in [1.54, 1.807) is 0 Å². The second kappa shape index (κ2) is 9.87. The largest absolute Gasteiger partial charge is 1.00 e. The number of carbonyl (C=O) groups is 1. The van der Waals surface area contributed by atoms with Crippen molar-refractivity contribution < 1.29 is 39.3 Å². The molecule has 1 saturated heterocycles. The maximum Gasteiger partial charge on any atom is 1.00 e. The standard InChI is InChI=1S/C15H20O4.Li.H/c16-15(13-7-11-17-12-8-13)19-10-4-9-18-14-5-2-1-3-6-14;;/h1-3,5-6,13H,4,7-12H2;;/q;+1;-1. The van der Waals surface area contributed by atoms with Crippen LogP contribution in [0.3, 0.4) is 0 Å². The van der Waals surface area contributed by atoms with Gasteiger partial charge in [-0.1, -0.05) is 18.2 Å². The number of esters is 1. The average Bonchev–Trinajstić information content (AvgIpc) is 2.49. The van der Waals surface area contributed by atoms with Crippen LogP contribution >= 0.6 is 0 Å². The topological polar surface area (TPSA) is 44.8 Å². The molecular weight excluding hydrogens is 251 g/mol. The zero-order valence-electron chi connectivity index (χ0n) is 13.0. The molecule has 1 heterocycles. The van der Waals surface area contributed by atoms with Gasteiger partial charge in [-0.25, -0.2) is 0 Å². The SMILES string of the molecule is O=C(OCCCOc1ccccc1)C1CCOCC1.[H-].[Li+]. The molecule has 0 saturated carbocycles. The van der Waals surface area contributed by atoms with Crippen LogP contribution in [-0.4, -0.2) is 32.4 Å². The molecule has 4 nitrogen and oxygen atoms in total. The van der Waals surface area contributed by atoms with Crippen molar-refractivity contribution in [1.29, 1.82) is 0 Å². The number of hydrogen-bond donors (Lipinski definition) is 0. The molecule has 1 aromatic carbocycles. The third-order valence-corrected chi connectivity index (χ3v) is 3.10.